The van der Waals surface area contributed by atoms with Crippen LogP contribution in [0.5, 0.6) is 0 Å². The van der Waals surface area contributed by atoms with Gasteiger partial charge in [-0.2, -0.15) is 0 Å². The van der Waals surface area contributed by atoms with Crippen LogP contribution in [0.3, 0.4) is 0 Å². The molecule has 0 unspecified atom stereocenters. The second-order valence-electron chi connectivity index (χ2n) is 3.17. The predicted octanol–water partition coefficient (Wildman–Crippen LogP) is -0.708. The summed E-state index contributed by atoms with van der Waals surface area (Å²) in [6.45, 7) is 2.12. The third kappa shape index (κ3) is 9.42. The smallest absolute Gasteiger partial charge is 0.306 e. The van der Waals surface area contributed by atoms with Crippen molar-refractivity contribution >= 4 is 11.9 Å². The zero-order valence-corrected chi connectivity index (χ0v) is 9.88. The third-order valence-electron chi connectivity index (χ3n) is 1.89. The van der Waals surface area contributed by atoms with E-state index in [1.807, 2.05) is 0 Å². The summed E-state index contributed by atoms with van der Waals surface area (Å²) in [5.41, 5.74) is 0. The fourth-order valence-corrected chi connectivity index (χ4v) is 1.00. The first-order valence-corrected chi connectivity index (χ1v) is 5.24. The van der Waals surface area contributed by atoms with Crippen molar-refractivity contribution in [1.82, 2.24) is 10.6 Å². The minimum atomic E-state index is -0.253. The Hall–Kier alpha value is -1.14. The first kappa shape index (κ1) is 14.9. The van der Waals surface area contributed by atoms with E-state index in [-0.39, 0.29) is 11.9 Å². The second kappa shape index (κ2) is 10.4. The molecule has 0 radical (unpaired) electrons. The van der Waals surface area contributed by atoms with Gasteiger partial charge in [0.25, 0.3) is 0 Å². The molecule has 0 aromatic carbocycles. The highest BCUT2D eigenvalue weighted by Gasteiger charge is 2.01. The summed E-state index contributed by atoms with van der Waals surface area (Å²) in [7, 11) is 2.94. The molecule has 6 nitrogen and oxygen atoms in total. The first-order chi connectivity index (χ1) is 7.70. The number of hydrogen-bond donors (Lipinski definition) is 2. The molecule has 16 heavy (non-hydrogen) atoms. The number of rotatable bonds is 9. The molecule has 0 aliphatic carbocycles. The predicted molar refractivity (Wildman–Crippen MR) is 59.0 cm³/mol. The van der Waals surface area contributed by atoms with E-state index in [2.05, 4.69) is 15.4 Å². The van der Waals surface area contributed by atoms with E-state index in [1.165, 1.54) is 7.11 Å². The molecule has 0 bridgehead atoms. The van der Waals surface area contributed by atoms with Gasteiger partial charge in [-0.1, -0.05) is 0 Å². The van der Waals surface area contributed by atoms with E-state index in [0.29, 0.717) is 39.1 Å². The van der Waals surface area contributed by atoms with E-state index in [1.54, 1.807) is 7.11 Å². The van der Waals surface area contributed by atoms with Crippen LogP contribution in [0.25, 0.3) is 0 Å². The van der Waals surface area contributed by atoms with Crippen LogP contribution in [-0.2, 0) is 19.1 Å². The maximum Gasteiger partial charge on any atom is 0.306 e. The van der Waals surface area contributed by atoms with Crippen molar-refractivity contribution in [3.05, 3.63) is 0 Å². The molecule has 0 atom stereocenters. The van der Waals surface area contributed by atoms with Crippen LogP contribution in [0.4, 0.5) is 0 Å². The van der Waals surface area contributed by atoms with Gasteiger partial charge in [-0.25, -0.2) is 0 Å². The van der Waals surface area contributed by atoms with E-state index in [4.69, 9.17) is 4.74 Å². The van der Waals surface area contributed by atoms with E-state index < -0.39 is 0 Å². The normalized spacial score (nSPS) is 9.88. The topological polar surface area (TPSA) is 76.7 Å². The standard InChI is InChI=1S/C10H20N2O4/c1-15-8-7-12-9(13)3-5-11-6-4-10(14)16-2/h11H,3-8H2,1-2H3,(H,12,13). The first-order valence-electron chi connectivity index (χ1n) is 5.24. The van der Waals surface area contributed by atoms with Crippen LogP contribution in [0, 0.1) is 0 Å². The van der Waals surface area contributed by atoms with Crippen LogP contribution in [0.2, 0.25) is 0 Å². The van der Waals surface area contributed by atoms with Gasteiger partial charge in [-0.05, 0) is 0 Å². The fourth-order valence-electron chi connectivity index (χ4n) is 1.00. The minimum Gasteiger partial charge on any atom is -0.469 e. The molecule has 0 saturated heterocycles. The molecule has 94 valence electrons. The van der Waals surface area contributed by atoms with Gasteiger partial charge in [0.2, 0.25) is 5.91 Å². The Morgan fingerprint density at radius 3 is 2.38 bits per heavy atom. The highest BCUT2D eigenvalue weighted by molar-refractivity contribution is 5.76. The van der Waals surface area contributed by atoms with Gasteiger partial charge in [-0.3, -0.25) is 9.59 Å². The maximum absolute atomic E-state index is 11.2. The molecule has 6 heteroatoms. The van der Waals surface area contributed by atoms with Crippen molar-refractivity contribution in [3.63, 3.8) is 0 Å². The molecule has 0 aliphatic heterocycles. The lowest BCUT2D eigenvalue weighted by Crippen LogP contribution is -2.30. The molecular formula is C10H20N2O4. The van der Waals surface area contributed by atoms with Crippen LogP contribution in [0.15, 0.2) is 0 Å². The van der Waals surface area contributed by atoms with Crippen LogP contribution in [-0.4, -0.2) is 52.3 Å². The zero-order valence-electron chi connectivity index (χ0n) is 9.88. The zero-order chi connectivity index (χ0) is 12.2. The summed E-state index contributed by atoms with van der Waals surface area (Å²) in [4.78, 5) is 21.9. The molecule has 0 rings (SSSR count). The van der Waals surface area contributed by atoms with Gasteiger partial charge < -0.3 is 20.1 Å². The van der Waals surface area contributed by atoms with Gasteiger partial charge in [0.05, 0.1) is 20.1 Å². The van der Waals surface area contributed by atoms with Gasteiger partial charge >= 0.3 is 5.97 Å². The lowest BCUT2D eigenvalue weighted by molar-refractivity contribution is -0.140. The quantitative estimate of drug-likeness (QED) is 0.406. The summed E-state index contributed by atoms with van der Waals surface area (Å²) in [6.07, 6.45) is 0.715. The Bertz CT molecular complexity index is 209. The number of nitrogens with one attached hydrogen (secondary N) is 2. The monoisotopic (exact) mass is 232 g/mol. The average Bonchev–Trinajstić information content (AvgIpc) is 2.28. The van der Waals surface area contributed by atoms with Gasteiger partial charge in [0.15, 0.2) is 0 Å². The summed E-state index contributed by atoms with van der Waals surface area (Å²) in [5, 5.41) is 5.68. The average molecular weight is 232 g/mol. The molecule has 0 saturated carbocycles. The highest BCUT2D eigenvalue weighted by Crippen LogP contribution is 1.82. The lowest BCUT2D eigenvalue weighted by Gasteiger charge is -2.05. The largest absolute Gasteiger partial charge is 0.469 e. The van der Waals surface area contributed by atoms with Crippen LogP contribution >= 0.6 is 0 Å². The molecule has 0 spiro atoms. The van der Waals surface area contributed by atoms with Crippen molar-refractivity contribution in [2.45, 2.75) is 12.8 Å². The third-order valence-corrected chi connectivity index (χ3v) is 1.89. The molecule has 0 heterocycles. The summed E-state index contributed by atoms with van der Waals surface area (Å²) >= 11 is 0. The van der Waals surface area contributed by atoms with Crippen molar-refractivity contribution < 1.29 is 19.1 Å². The van der Waals surface area contributed by atoms with E-state index >= 15 is 0 Å². The van der Waals surface area contributed by atoms with Crippen molar-refractivity contribution in [2.24, 2.45) is 0 Å². The minimum absolute atomic E-state index is 0.0254. The Labute approximate surface area is 95.7 Å². The molecule has 0 fully saturated rings. The Kier molecular flexibility index (Phi) is 9.64. The molecule has 1 amide bonds. The number of ether oxygens (including phenoxy) is 2. The molecule has 0 aromatic heterocycles. The van der Waals surface area contributed by atoms with Crippen molar-refractivity contribution in [2.75, 3.05) is 40.5 Å². The number of carbonyl (C=O) groups excluding carboxylic acids is 2. The number of amides is 1. The van der Waals surface area contributed by atoms with Crippen molar-refractivity contribution in [3.8, 4) is 0 Å². The Morgan fingerprint density at radius 1 is 1.06 bits per heavy atom. The molecular weight excluding hydrogens is 212 g/mol. The molecule has 0 aliphatic rings. The summed E-state index contributed by atoms with van der Waals surface area (Å²) in [5.74, 6) is -0.278. The molecule has 2 N–H and O–H groups in total. The van der Waals surface area contributed by atoms with E-state index in [0.717, 1.165) is 0 Å². The SMILES string of the molecule is COCCNC(=O)CCNCCC(=O)OC. The van der Waals surface area contributed by atoms with Gasteiger partial charge in [0.1, 0.15) is 0 Å². The number of esters is 1. The second-order valence-corrected chi connectivity index (χ2v) is 3.17. The number of methoxy groups -OCH3 is 2. The summed E-state index contributed by atoms with van der Waals surface area (Å²) < 4.78 is 9.26. The van der Waals surface area contributed by atoms with Gasteiger partial charge in [-0.15, -0.1) is 0 Å². The van der Waals surface area contributed by atoms with Gasteiger partial charge in [0, 0.05) is 33.2 Å². The highest BCUT2D eigenvalue weighted by atomic mass is 16.5. The Balaban J connectivity index is 3.24. The van der Waals surface area contributed by atoms with Crippen molar-refractivity contribution in [1.29, 1.82) is 0 Å². The lowest BCUT2D eigenvalue weighted by atomic mass is 10.3. The number of carbonyl (C=O) groups is 2. The van der Waals surface area contributed by atoms with Crippen LogP contribution < -0.4 is 10.6 Å². The Morgan fingerprint density at radius 2 is 1.75 bits per heavy atom. The maximum atomic E-state index is 11.2. The molecule has 0 aromatic rings. The number of hydrogen-bond acceptors (Lipinski definition) is 5. The van der Waals surface area contributed by atoms with Crippen LogP contribution in [0.1, 0.15) is 12.8 Å². The summed E-state index contributed by atoms with van der Waals surface area (Å²) in [6, 6.07) is 0. The van der Waals surface area contributed by atoms with E-state index in [9.17, 15) is 9.59 Å². The fraction of sp³-hybridized carbons (Fsp3) is 0.800.